The lowest BCUT2D eigenvalue weighted by molar-refractivity contribution is -0.136. The van der Waals surface area contributed by atoms with Gasteiger partial charge in [0.1, 0.15) is 17.8 Å². The topological polar surface area (TPSA) is 91.8 Å². The summed E-state index contributed by atoms with van der Waals surface area (Å²) >= 11 is 1.33. The molecule has 1 saturated carbocycles. The van der Waals surface area contributed by atoms with Crippen LogP contribution in [0.15, 0.2) is 18.2 Å². The van der Waals surface area contributed by atoms with Gasteiger partial charge in [0, 0.05) is 7.05 Å². The van der Waals surface area contributed by atoms with Crippen LogP contribution >= 0.6 is 11.3 Å². The van der Waals surface area contributed by atoms with Gasteiger partial charge in [0.15, 0.2) is 5.13 Å². The number of imide groups is 1. The van der Waals surface area contributed by atoms with Crippen molar-refractivity contribution in [3.63, 3.8) is 0 Å². The quantitative estimate of drug-likeness (QED) is 0.756. The first-order chi connectivity index (χ1) is 13.9. The Bertz CT molecular complexity index is 967. The van der Waals surface area contributed by atoms with Crippen molar-refractivity contribution in [2.24, 2.45) is 0 Å². The minimum Gasteiger partial charge on any atom is -0.494 e. The number of urea groups is 1. The number of carbonyl (C=O) groups excluding carboxylic acids is 3. The van der Waals surface area contributed by atoms with E-state index in [9.17, 15) is 14.4 Å². The fourth-order valence-electron chi connectivity index (χ4n) is 4.19. The second kappa shape index (κ2) is 7.62. The Morgan fingerprint density at radius 1 is 1.28 bits per heavy atom. The number of ether oxygens (including phenoxy) is 1. The third kappa shape index (κ3) is 3.43. The Morgan fingerprint density at radius 2 is 2.03 bits per heavy atom. The van der Waals surface area contributed by atoms with E-state index < -0.39 is 17.5 Å². The van der Waals surface area contributed by atoms with Crippen molar-refractivity contribution < 1.29 is 19.1 Å². The van der Waals surface area contributed by atoms with Crippen LogP contribution in [-0.4, -0.2) is 58.4 Å². The number of likely N-dealkylation sites (N-methyl/N-ethyl adjacent to an activating group) is 1. The third-order valence-corrected chi connectivity index (χ3v) is 6.64. The minimum atomic E-state index is -0.777. The predicted molar refractivity (Wildman–Crippen MR) is 110 cm³/mol. The third-order valence-electron chi connectivity index (χ3n) is 5.70. The number of nitrogens with zero attached hydrogens (tertiary/aromatic N) is 3. The van der Waals surface area contributed by atoms with E-state index in [1.165, 1.54) is 16.2 Å². The van der Waals surface area contributed by atoms with Crippen molar-refractivity contribution in [3.05, 3.63) is 18.2 Å². The molecule has 1 aromatic heterocycles. The highest BCUT2D eigenvalue weighted by molar-refractivity contribution is 7.22. The van der Waals surface area contributed by atoms with Crippen molar-refractivity contribution in [1.29, 1.82) is 0 Å². The highest BCUT2D eigenvalue weighted by Gasteiger charge is 2.55. The number of carbonyl (C=O) groups is 3. The van der Waals surface area contributed by atoms with Crippen LogP contribution in [0.4, 0.5) is 9.93 Å². The SMILES string of the molecule is CCOc1ccc2nc(NC(=O)CN3C(=O)N(C)C4(CCCCC4)C3=O)sc2c1. The molecule has 154 valence electrons. The molecule has 2 fully saturated rings. The normalized spacial score (nSPS) is 18.7. The molecule has 4 amide bonds. The van der Waals surface area contributed by atoms with E-state index in [0.29, 0.717) is 24.6 Å². The molecule has 1 spiro atoms. The van der Waals surface area contributed by atoms with Crippen LogP contribution in [0.1, 0.15) is 39.0 Å². The number of fused-ring (bicyclic) bond motifs is 1. The standard InChI is InChI=1S/C20H24N4O4S/c1-3-28-13-7-8-14-15(11-13)29-18(21-14)22-16(25)12-24-17(26)20(23(2)19(24)27)9-5-4-6-10-20/h7-8,11H,3-6,9-10,12H2,1-2H3,(H,21,22,25). The van der Waals surface area contributed by atoms with Crippen LogP contribution in [0.2, 0.25) is 0 Å². The highest BCUT2D eigenvalue weighted by Crippen LogP contribution is 2.39. The molecule has 0 bridgehead atoms. The summed E-state index contributed by atoms with van der Waals surface area (Å²) in [6.45, 7) is 2.18. The summed E-state index contributed by atoms with van der Waals surface area (Å²) in [5, 5.41) is 3.15. The summed E-state index contributed by atoms with van der Waals surface area (Å²) < 4.78 is 6.38. The van der Waals surface area contributed by atoms with E-state index in [0.717, 1.165) is 40.1 Å². The molecule has 0 unspecified atom stereocenters. The van der Waals surface area contributed by atoms with Crippen molar-refractivity contribution in [3.8, 4) is 5.75 Å². The molecule has 8 nitrogen and oxygen atoms in total. The Hall–Kier alpha value is -2.68. The molecular formula is C20H24N4O4S. The lowest BCUT2D eigenvalue weighted by Gasteiger charge is -2.35. The minimum absolute atomic E-state index is 0.259. The number of amides is 4. The zero-order valence-corrected chi connectivity index (χ0v) is 17.4. The van der Waals surface area contributed by atoms with Gasteiger partial charge in [-0.2, -0.15) is 0 Å². The zero-order chi connectivity index (χ0) is 20.6. The summed E-state index contributed by atoms with van der Waals surface area (Å²) in [7, 11) is 1.66. The molecule has 1 saturated heterocycles. The first-order valence-electron chi connectivity index (χ1n) is 9.87. The highest BCUT2D eigenvalue weighted by atomic mass is 32.1. The number of nitrogens with one attached hydrogen (secondary N) is 1. The first-order valence-corrected chi connectivity index (χ1v) is 10.7. The summed E-state index contributed by atoms with van der Waals surface area (Å²) in [6, 6.07) is 5.14. The van der Waals surface area contributed by atoms with Crippen LogP contribution in [0.25, 0.3) is 10.2 Å². The van der Waals surface area contributed by atoms with Gasteiger partial charge in [-0.1, -0.05) is 30.6 Å². The molecule has 2 heterocycles. The molecule has 0 radical (unpaired) electrons. The molecule has 1 aliphatic carbocycles. The number of thiazole rings is 1. The number of rotatable bonds is 5. The van der Waals surface area contributed by atoms with Crippen molar-refractivity contribution in [2.45, 2.75) is 44.6 Å². The number of aromatic nitrogens is 1. The van der Waals surface area contributed by atoms with Crippen LogP contribution in [0.5, 0.6) is 5.75 Å². The number of benzene rings is 1. The Kier molecular flexibility index (Phi) is 5.16. The summed E-state index contributed by atoms with van der Waals surface area (Å²) in [4.78, 5) is 45.2. The van der Waals surface area contributed by atoms with Crippen molar-refractivity contribution in [2.75, 3.05) is 25.5 Å². The predicted octanol–water partition coefficient (Wildman–Crippen LogP) is 3.23. The van der Waals surface area contributed by atoms with Crippen LogP contribution in [-0.2, 0) is 9.59 Å². The molecule has 1 aliphatic heterocycles. The van der Waals surface area contributed by atoms with Gasteiger partial charge in [-0.3, -0.25) is 14.5 Å². The number of hydrogen-bond acceptors (Lipinski definition) is 6. The van der Waals surface area contributed by atoms with Crippen LogP contribution in [0.3, 0.4) is 0 Å². The molecule has 2 aliphatic rings. The van der Waals surface area contributed by atoms with E-state index in [2.05, 4.69) is 10.3 Å². The summed E-state index contributed by atoms with van der Waals surface area (Å²) in [5.74, 6) is 0.0538. The van der Waals surface area contributed by atoms with E-state index >= 15 is 0 Å². The maximum Gasteiger partial charge on any atom is 0.327 e. The van der Waals surface area contributed by atoms with E-state index in [1.54, 1.807) is 7.05 Å². The Morgan fingerprint density at radius 3 is 2.76 bits per heavy atom. The second-order valence-corrected chi connectivity index (χ2v) is 8.49. The van der Waals surface area contributed by atoms with Gasteiger partial charge in [-0.15, -0.1) is 0 Å². The summed E-state index contributed by atoms with van der Waals surface area (Å²) in [5.41, 5.74) is -0.0239. The second-order valence-electron chi connectivity index (χ2n) is 7.45. The Labute approximate surface area is 172 Å². The molecule has 1 aromatic carbocycles. The van der Waals surface area contributed by atoms with Gasteiger partial charge >= 0.3 is 6.03 Å². The maximum atomic E-state index is 13.0. The fourth-order valence-corrected chi connectivity index (χ4v) is 5.10. The van der Waals surface area contributed by atoms with Crippen LogP contribution in [0, 0.1) is 0 Å². The van der Waals surface area contributed by atoms with Gasteiger partial charge in [0.25, 0.3) is 5.91 Å². The largest absolute Gasteiger partial charge is 0.494 e. The average Bonchev–Trinajstić information content (AvgIpc) is 3.18. The molecule has 2 aromatic rings. The van der Waals surface area contributed by atoms with Gasteiger partial charge in [-0.25, -0.2) is 9.78 Å². The smallest absolute Gasteiger partial charge is 0.327 e. The monoisotopic (exact) mass is 416 g/mol. The van der Waals surface area contributed by atoms with Gasteiger partial charge < -0.3 is 15.0 Å². The Balaban J connectivity index is 1.46. The maximum absolute atomic E-state index is 13.0. The van der Waals surface area contributed by atoms with Gasteiger partial charge in [0.05, 0.1) is 16.8 Å². The summed E-state index contributed by atoms with van der Waals surface area (Å²) in [6.07, 6.45) is 4.22. The lowest BCUT2D eigenvalue weighted by atomic mass is 9.81. The lowest BCUT2D eigenvalue weighted by Crippen LogP contribution is -2.49. The number of anilines is 1. The van der Waals surface area contributed by atoms with Gasteiger partial charge in [-0.05, 0) is 38.0 Å². The van der Waals surface area contributed by atoms with Crippen molar-refractivity contribution in [1.82, 2.24) is 14.8 Å². The fraction of sp³-hybridized carbons (Fsp3) is 0.500. The molecular weight excluding hydrogens is 392 g/mol. The molecule has 29 heavy (non-hydrogen) atoms. The molecule has 0 atom stereocenters. The van der Waals surface area contributed by atoms with Crippen LogP contribution < -0.4 is 10.1 Å². The van der Waals surface area contributed by atoms with E-state index in [4.69, 9.17) is 4.74 Å². The average molecular weight is 417 g/mol. The van der Waals surface area contributed by atoms with Crippen molar-refractivity contribution >= 4 is 44.5 Å². The number of hydrogen-bond donors (Lipinski definition) is 1. The zero-order valence-electron chi connectivity index (χ0n) is 16.6. The van der Waals surface area contributed by atoms with Gasteiger partial charge in [0.2, 0.25) is 5.91 Å². The van der Waals surface area contributed by atoms with E-state index in [-0.39, 0.29) is 12.5 Å². The molecule has 4 rings (SSSR count). The molecule has 9 heteroatoms. The molecule has 1 N–H and O–H groups in total. The van der Waals surface area contributed by atoms with E-state index in [1.807, 2.05) is 25.1 Å². The first kappa shape index (κ1) is 19.6.